The SMILES string of the molecule is NC(=NC(=NCc1ccccc1)c1cccc(-c2cccc(-c3ccc4c(c3)C3(c5ccccc5-c5ccc(-c6ccccc6)cc53)c3ccccc3-4)c2)c1)c1ccccc1. The summed E-state index contributed by atoms with van der Waals surface area (Å²) >= 11 is 0. The summed E-state index contributed by atoms with van der Waals surface area (Å²) < 4.78 is 0. The lowest BCUT2D eigenvalue weighted by Gasteiger charge is -2.31. The van der Waals surface area contributed by atoms with Crippen LogP contribution in [-0.2, 0) is 12.0 Å². The van der Waals surface area contributed by atoms with Crippen molar-refractivity contribution in [2.24, 2.45) is 15.7 Å². The third-order valence-electron chi connectivity index (χ3n) is 12.4. The highest BCUT2D eigenvalue weighted by atomic mass is 15.0. The Hall–Kier alpha value is -7.88. The molecule has 61 heavy (non-hydrogen) atoms. The van der Waals surface area contributed by atoms with Crippen LogP contribution in [0.5, 0.6) is 0 Å². The molecule has 1 spiro atoms. The van der Waals surface area contributed by atoms with Gasteiger partial charge in [0.05, 0.1) is 12.0 Å². The summed E-state index contributed by atoms with van der Waals surface area (Å²) in [6.07, 6.45) is 0. The van der Waals surface area contributed by atoms with E-state index < -0.39 is 5.41 Å². The number of fused-ring (bicyclic) bond motifs is 10. The third kappa shape index (κ3) is 6.22. The van der Waals surface area contributed by atoms with E-state index in [1.165, 1.54) is 61.2 Å². The van der Waals surface area contributed by atoms with Gasteiger partial charge in [0.2, 0.25) is 0 Å². The standard InChI is InChI=1S/C58H41N3/c59-56(41-20-8-3-9-21-41)61-57(60-38-39-16-4-1-5-17-39)47-25-15-24-44(35-47)42-22-14-23-43(34-42)46-31-33-51-49-27-11-13-29-53(49)58(55(51)37-46)52-28-12-10-26-48(52)50-32-30-45(36-54(50)58)40-18-6-2-7-19-40/h1-37H,38H2,(H2,59,60,61). The fourth-order valence-corrected chi connectivity index (χ4v) is 9.57. The summed E-state index contributed by atoms with van der Waals surface area (Å²) in [7, 11) is 0. The topological polar surface area (TPSA) is 50.7 Å². The molecule has 0 bridgehead atoms. The molecule has 0 amide bonds. The molecular weight excluding hydrogens is 739 g/mol. The van der Waals surface area contributed by atoms with E-state index in [1.807, 2.05) is 48.5 Å². The van der Waals surface area contributed by atoms with Crippen molar-refractivity contribution >= 4 is 11.7 Å². The van der Waals surface area contributed by atoms with Gasteiger partial charge in [0.15, 0.2) is 5.84 Å². The lowest BCUT2D eigenvalue weighted by Crippen LogP contribution is -2.26. The third-order valence-corrected chi connectivity index (χ3v) is 12.4. The average Bonchev–Trinajstić information content (AvgIpc) is 3.80. The second-order valence-electron chi connectivity index (χ2n) is 15.9. The second-order valence-corrected chi connectivity index (χ2v) is 15.9. The number of benzene rings is 9. The fourth-order valence-electron chi connectivity index (χ4n) is 9.57. The summed E-state index contributed by atoms with van der Waals surface area (Å²) in [5, 5.41) is 0. The minimum absolute atomic E-state index is 0.431. The molecule has 3 nitrogen and oxygen atoms in total. The summed E-state index contributed by atoms with van der Waals surface area (Å²) in [5.41, 5.74) is 26.5. The predicted octanol–water partition coefficient (Wildman–Crippen LogP) is 13.4. The minimum atomic E-state index is -0.456. The molecule has 0 heterocycles. The molecular formula is C58H41N3. The van der Waals surface area contributed by atoms with Gasteiger partial charge >= 0.3 is 0 Å². The van der Waals surface area contributed by atoms with Gasteiger partial charge in [-0.3, -0.25) is 4.99 Å². The maximum Gasteiger partial charge on any atom is 0.157 e. The number of amidine groups is 2. The molecule has 2 aliphatic carbocycles. The summed E-state index contributed by atoms with van der Waals surface area (Å²) in [5.74, 6) is 1.03. The van der Waals surface area contributed by atoms with E-state index in [-0.39, 0.29) is 0 Å². The van der Waals surface area contributed by atoms with Crippen LogP contribution in [0.15, 0.2) is 234 Å². The Labute approximate surface area is 356 Å². The molecule has 2 N–H and O–H groups in total. The molecule has 0 aromatic heterocycles. The molecule has 0 radical (unpaired) electrons. The van der Waals surface area contributed by atoms with E-state index in [1.54, 1.807) is 0 Å². The number of nitrogens with two attached hydrogens (primary N) is 1. The molecule has 3 heteroatoms. The summed E-state index contributed by atoms with van der Waals surface area (Å²) in [6, 6.07) is 80.4. The quantitative estimate of drug-likeness (QED) is 0.127. The molecule has 1 unspecified atom stereocenters. The van der Waals surface area contributed by atoms with Crippen molar-refractivity contribution < 1.29 is 0 Å². The van der Waals surface area contributed by atoms with Crippen LogP contribution in [0.2, 0.25) is 0 Å². The van der Waals surface area contributed by atoms with Gasteiger partial charge in [-0.15, -0.1) is 0 Å². The van der Waals surface area contributed by atoms with Gasteiger partial charge in [0.25, 0.3) is 0 Å². The molecule has 2 aliphatic rings. The number of hydrogen-bond donors (Lipinski definition) is 1. The van der Waals surface area contributed by atoms with Gasteiger partial charge in [-0.05, 0) is 108 Å². The Balaban J connectivity index is 1.02. The van der Waals surface area contributed by atoms with Crippen molar-refractivity contribution in [3.05, 3.63) is 263 Å². The number of rotatable bonds is 7. The Morgan fingerprint density at radius 2 is 0.803 bits per heavy atom. The minimum Gasteiger partial charge on any atom is -0.383 e. The first-order chi connectivity index (χ1) is 30.1. The molecule has 0 saturated heterocycles. The van der Waals surface area contributed by atoms with E-state index in [2.05, 4.69) is 176 Å². The monoisotopic (exact) mass is 779 g/mol. The van der Waals surface area contributed by atoms with Crippen LogP contribution < -0.4 is 5.73 Å². The molecule has 9 aromatic rings. The van der Waals surface area contributed by atoms with Crippen molar-refractivity contribution in [1.29, 1.82) is 0 Å². The zero-order chi connectivity index (χ0) is 40.8. The van der Waals surface area contributed by atoms with Gasteiger partial charge in [0, 0.05) is 11.1 Å². The zero-order valence-electron chi connectivity index (χ0n) is 33.5. The molecule has 0 aliphatic heterocycles. The first-order valence-corrected chi connectivity index (χ1v) is 20.9. The highest BCUT2D eigenvalue weighted by Gasteiger charge is 2.51. The van der Waals surface area contributed by atoms with Gasteiger partial charge in [-0.25, -0.2) is 4.99 Å². The van der Waals surface area contributed by atoms with E-state index in [9.17, 15) is 0 Å². The Morgan fingerprint density at radius 3 is 1.43 bits per heavy atom. The number of hydrogen-bond acceptors (Lipinski definition) is 1. The van der Waals surface area contributed by atoms with Crippen LogP contribution in [0.4, 0.5) is 0 Å². The zero-order valence-corrected chi connectivity index (χ0v) is 33.5. The fraction of sp³-hybridized carbons (Fsp3) is 0.0345. The molecule has 0 fully saturated rings. The lowest BCUT2D eigenvalue weighted by atomic mass is 9.70. The number of nitrogens with zero attached hydrogens (tertiary/aromatic N) is 2. The maximum atomic E-state index is 6.60. The lowest BCUT2D eigenvalue weighted by molar-refractivity contribution is 0.794. The second kappa shape index (κ2) is 15.1. The van der Waals surface area contributed by atoms with E-state index in [0.717, 1.165) is 33.4 Å². The van der Waals surface area contributed by atoms with Gasteiger partial charge < -0.3 is 5.73 Å². The number of aliphatic imine (C=N–C) groups is 2. The van der Waals surface area contributed by atoms with Crippen molar-refractivity contribution in [1.82, 2.24) is 0 Å². The van der Waals surface area contributed by atoms with Crippen LogP contribution in [0.25, 0.3) is 55.6 Å². The van der Waals surface area contributed by atoms with E-state index in [4.69, 9.17) is 15.7 Å². The molecule has 0 saturated carbocycles. The van der Waals surface area contributed by atoms with Crippen molar-refractivity contribution in [3.8, 4) is 55.6 Å². The highest BCUT2D eigenvalue weighted by Crippen LogP contribution is 2.63. The van der Waals surface area contributed by atoms with E-state index in [0.29, 0.717) is 18.2 Å². The average molecular weight is 780 g/mol. The Morgan fingerprint density at radius 1 is 0.361 bits per heavy atom. The first kappa shape index (κ1) is 36.2. The van der Waals surface area contributed by atoms with Crippen LogP contribution >= 0.6 is 0 Å². The van der Waals surface area contributed by atoms with Gasteiger partial charge in [0.1, 0.15) is 5.84 Å². The van der Waals surface area contributed by atoms with Crippen LogP contribution in [0.3, 0.4) is 0 Å². The smallest absolute Gasteiger partial charge is 0.157 e. The summed E-state index contributed by atoms with van der Waals surface area (Å²) in [6.45, 7) is 0.494. The normalized spacial score (nSPS) is 15.0. The first-order valence-electron chi connectivity index (χ1n) is 20.9. The summed E-state index contributed by atoms with van der Waals surface area (Å²) in [4.78, 5) is 9.93. The van der Waals surface area contributed by atoms with E-state index >= 15 is 0 Å². The van der Waals surface area contributed by atoms with Crippen molar-refractivity contribution in [2.45, 2.75) is 12.0 Å². The highest BCUT2D eigenvalue weighted by molar-refractivity contribution is 6.11. The van der Waals surface area contributed by atoms with Gasteiger partial charge in [-0.1, -0.05) is 200 Å². The Bertz CT molecular complexity index is 3150. The van der Waals surface area contributed by atoms with Crippen molar-refractivity contribution in [3.63, 3.8) is 0 Å². The van der Waals surface area contributed by atoms with Gasteiger partial charge in [-0.2, -0.15) is 0 Å². The predicted molar refractivity (Wildman–Crippen MR) is 253 cm³/mol. The van der Waals surface area contributed by atoms with Crippen LogP contribution in [0.1, 0.15) is 38.9 Å². The molecule has 1 atom stereocenters. The van der Waals surface area contributed by atoms with Crippen LogP contribution in [-0.4, -0.2) is 11.7 Å². The largest absolute Gasteiger partial charge is 0.383 e. The maximum absolute atomic E-state index is 6.60. The Kier molecular flexibility index (Phi) is 8.94. The van der Waals surface area contributed by atoms with Crippen molar-refractivity contribution in [2.75, 3.05) is 0 Å². The molecule has 9 aromatic carbocycles. The molecule has 11 rings (SSSR count). The molecule has 288 valence electrons. The van der Waals surface area contributed by atoms with Crippen LogP contribution in [0, 0.1) is 0 Å².